The van der Waals surface area contributed by atoms with Crippen LogP contribution in [0.3, 0.4) is 0 Å². The van der Waals surface area contributed by atoms with Crippen LogP contribution >= 0.6 is 0 Å². The highest BCUT2D eigenvalue weighted by molar-refractivity contribution is 5.91. The van der Waals surface area contributed by atoms with Gasteiger partial charge in [-0.25, -0.2) is 9.59 Å². The van der Waals surface area contributed by atoms with Gasteiger partial charge in [0, 0.05) is 5.69 Å². The number of anilines is 1. The predicted molar refractivity (Wildman–Crippen MR) is 56.9 cm³/mol. The van der Waals surface area contributed by atoms with E-state index in [0.717, 1.165) is 0 Å². The first kappa shape index (κ1) is 10.9. The van der Waals surface area contributed by atoms with Gasteiger partial charge in [-0.15, -0.1) is 0 Å². The first-order chi connectivity index (χ1) is 7.99. The number of aryl methyl sites for hydroxylation is 1. The van der Waals surface area contributed by atoms with E-state index in [1.807, 2.05) is 5.32 Å². The summed E-state index contributed by atoms with van der Waals surface area (Å²) >= 11 is 0. The highest BCUT2D eigenvalue weighted by atomic mass is 16.4. The van der Waals surface area contributed by atoms with Crippen LogP contribution in [0, 0.1) is 6.92 Å². The van der Waals surface area contributed by atoms with Gasteiger partial charge in [-0.1, -0.05) is 0 Å². The van der Waals surface area contributed by atoms with Gasteiger partial charge >= 0.3 is 11.4 Å². The normalized spacial score (nSPS) is 10.4. The van der Waals surface area contributed by atoms with E-state index in [1.54, 1.807) is 0 Å². The minimum absolute atomic E-state index is 0.121. The summed E-state index contributed by atoms with van der Waals surface area (Å²) in [5.74, 6) is -0.859. The molecule has 7 nitrogen and oxygen atoms in total. The predicted octanol–water partition coefficient (Wildman–Crippen LogP) is -0.455. The number of carbonyl (C=O) groups is 1. The molecule has 17 heavy (non-hydrogen) atoms. The number of nitrogens with one attached hydrogen (secondary N) is 2. The minimum Gasteiger partial charge on any atom is -0.530 e. The molecule has 1 amide bonds. The van der Waals surface area contributed by atoms with Gasteiger partial charge in [0.15, 0.2) is 0 Å². The Hall–Kier alpha value is -2.57. The van der Waals surface area contributed by atoms with Crippen LogP contribution in [-0.4, -0.2) is 11.1 Å². The summed E-state index contributed by atoms with van der Waals surface area (Å²) in [4.78, 5) is 35.2. The van der Waals surface area contributed by atoms with E-state index in [-0.39, 0.29) is 16.6 Å². The van der Waals surface area contributed by atoms with Crippen molar-refractivity contribution in [3.63, 3.8) is 0 Å². The Morgan fingerprint density at radius 1 is 1.41 bits per heavy atom. The highest BCUT2D eigenvalue weighted by Gasteiger charge is 2.09. The Labute approximate surface area is 93.7 Å². The minimum atomic E-state index is -1.48. The lowest BCUT2D eigenvalue weighted by Gasteiger charge is -2.10. The summed E-state index contributed by atoms with van der Waals surface area (Å²) < 4.78 is 4.37. The Kier molecular flexibility index (Phi) is 2.43. The summed E-state index contributed by atoms with van der Waals surface area (Å²) in [6.45, 7) is 1.53. The van der Waals surface area contributed by atoms with Gasteiger partial charge in [-0.3, -0.25) is 4.98 Å². The number of hydrogen-bond acceptors (Lipinski definition) is 5. The number of carbonyl (C=O) groups excluding carboxylic acids is 1. The zero-order valence-electron chi connectivity index (χ0n) is 8.70. The number of aromatic nitrogens is 1. The van der Waals surface area contributed by atoms with Crippen LogP contribution < -0.4 is 21.8 Å². The van der Waals surface area contributed by atoms with Gasteiger partial charge in [-0.05, 0) is 24.6 Å². The Bertz CT molecular complexity index is 713. The molecular weight excluding hydrogens is 228 g/mol. The first-order valence-corrected chi connectivity index (χ1v) is 4.64. The maximum absolute atomic E-state index is 11.5. The molecule has 0 atom stereocenters. The number of hydrogen-bond donors (Lipinski definition) is 2. The molecular formula is C10H7N2O5-. The van der Waals surface area contributed by atoms with Crippen molar-refractivity contribution in [2.75, 3.05) is 5.32 Å². The van der Waals surface area contributed by atoms with E-state index in [4.69, 9.17) is 0 Å². The van der Waals surface area contributed by atoms with Crippen LogP contribution in [0.1, 0.15) is 5.56 Å². The van der Waals surface area contributed by atoms with Gasteiger partial charge < -0.3 is 19.6 Å². The third-order valence-electron chi connectivity index (χ3n) is 2.33. The van der Waals surface area contributed by atoms with Crippen molar-refractivity contribution in [2.24, 2.45) is 0 Å². The third kappa shape index (κ3) is 1.89. The maximum Gasteiger partial charge on any atom is 0.419 e. The van der Waals surface area contributed by atoms with Crippen LogP contribution in [0.25, 0.3) is 10.9 Å². The van der Waals surface area contributed by atoms with Gasteiger partial charge in [-0.2, -0.15) is 0 Å². The van der Waals surface area contributed by atoms with Crippen LogP contribution in [0.15, 0.2) is 26.1 Å². The SMILES string of the molecule is Cc1c(NC(=O)[O-])ccc2[nH]c(=O)oc(=O)c12. The second-order valence-electron chi connectivity index (χ2n) is 3.38. The van der Waals surface area contributed by atoms with Crippen molar-refractivity contribution in [1.29, 1.82) is 0 Å². The lowest BCUT2D eigenvalue weighted by atomic mass is 10.1. The molecule has 2 aromatic rings. The molecule has 0 fully saturated rings. The number of rotatable bonds is 1. The number of benzene rings is 1. The molecule has 0 saturated carbocycles. The molecule has 2 rings (SSSR count). The molecule has 2 N–H and O–H groups in total. The highest BCUT2D eigenvalue weighted by Crippen LogP contribution is 2.20. The van der Waals surface area contributed by atoms with E-state index < -0.39 is 17.5 Å². The molecule has 1 aromatic carbocycles. The molecule has 0 spiro atoms. The average molecular weight is 235 g/mol. The Morgan fingerprint density at radius 2 is 2.12 bits per heavy atom. The van der Waals surface area contributed by atoms with Crippen molar-refractivity contribution in [3.05, 3.63) is 38.7 Å². The van der Waals surface area contributed by atoms with Crippen LogP contribution in [0.4, 0.5) is 10.5 Å². The van der Waals surface area contributed by atoms with Crippen LogP contribution in [0.5, 0.6) is 0 Å². The molecule has 88 valence electrons. The van der Waals surface area contributed by atoms with Crippen molar-refractivity contribution in [2.45, 2.75) is 6.92 Å². The largest absolute Gasteiger partial charge is 0.530 e. The number of fused-ring (bicyclic) bond motifs is 1. The van der Waals surface area contributed by atoms with Crippen LogP contribution in [-0.2, 0) is 0 Å². The standard InChI is InChI=1S/C10H8N2O5/c1-4-5(11-9(14)15)2-3-6-7(4)8(13)17-10(16)12-6/h2-3,11H,1H3,(H,12,16)(H,14,15)/p-1. The van der Waals surface area contributed by atoms with Gasteiger partial charge in [0.05, 0.1) is 10.9 Å². The quantitative estimate of drug-likeness (QED) is 0.694. The summed E-state index contributed by atoms with van der Waals surface area (Å²) in [6.07, 6.45) is -1.48. The number of H-pyrrole nitrogens is 1. The van der Waals surface area contributed by atoms with Crippen molar-refractivity contribution < 1.29 is 14.3 Å². The zero-order chi connectivity index (χ0) is 12.6. The summed E-state index contributed by atoms with van der Waals surface area (Å²) in [5, 5.41) is 12.6. The van der Waals surface area contributed by atoms with E-state index >= 15 is 0 Å². The summed E-state index contributed by atoms with van der Waals surface area (Å²) in [7, 11) is 0. The lowest BCUT2D eigenvalue weighted by molar-refractivity contribution is -0.242. The fraction of sp³-hybridized carbons (Fsp3) is 0.100. The molecule has 7 heteroatoms. The number of carboxylic acid groups (broad SMARTS) is 1. The second kappa shape index (κ2) is 3.78. The third-order valence-corrected chi connectivity index (χ3v) is 2.33. The summed E-state index contributed by atoms with van der Waals surface area (Å²) in [5.41, 5.74) is 0.0319. The maximum atomic E-state index is 11.5. The smallest absolute Gasteiger partial charge is 0.419 e. The lowest BCUT2D eigenvalue weighted by Crippen LogP contribution is -2.29. The molecule has 0 saturated heterocycles. The topological polar surface area (TPSA) is 115 Å². The molecule has 0 radical (unpaired) electrons. The van der Waals surface area contributed by atoms with Crippen molar-refractivity contribution in [1.82, 2.24) is 4.98 Å². The van der Waals surface area contributed by atoms with Gasteiger partial charge in [0.1, 0.15) is 6.09 Å². The van der Waals surface area contributed by atoms with Crippen molar-refractivity contribution in [3.8, 4) is 0 Å². The van der Waals surface area contributed by atoms with Gasteiger partial charge in [0.25, 0.3) is 0 Å². The molecule has 0 aliphatic carbocycles. The monoisotopic (exact) mass is 235 g/mol. The second-order valence-corrected chi connectivity index (χ2v) is 3.38. The number of aromatic amines is 1. The van der Waals surface area contributed by atoms with E-state index in [2.05, 4.69) is 9.40 Å². The Balaban J connectivity index is 2.80. The fourth-order valence-electron chi connectivity index (χ4n) is 1.59. The number of amides is 1. The average Bonchev–Trinajstić information content (AvgIpc) is 2.20. The van der Waals surface area contributed by atoms with Gasteiger partial charge in [0.2, 0.25) is 0 Å². The fourth-order valence-corrected chi connectivity index (χ4v) is 1.59. The summed E-state index contributed by atoms with van der Waals surface area (Å²) in [6, 6.07) is 2.83. The van der Waals surface area contributed by atoms with E-state index in [9.17, 15) is 19.5 Å². The molecule has 1 aromatic heterocycles. The molecule has 0 aliphatic heterocycles. The van der Waals surface area contributed by atoms with E-state index in [1.165, 1.54) is 19.1 Å². The molecule has 0 bridgehead atoms. The molecule has 1 heterocycles. The van der Waals surface area contributed by atoms with E-state index in [0.29, 0.717) is 5.56 Å². The first-order valence-electron chi connectivity index (χ1n) is 4.64. The van der Waals surface area contributed by atoms with Crippen molar-refractivity contribution >= 4 is 22.7 Å². The zero-order valence-corrected chi connectivity index (χ0v) is 8.70. The van der Waals surface area contributed by atoms with Crippen LogP contribution in [0.2, 0.25) is 0 Å². The Morgan fingerprint density at radius 3 is 2.76 bits per heavy atom. The molecule has 0 unspecified atom stereocenters. The molecule has 0 aliphatic rings.